The molecule has 0 unspecified atom stereocenters. The van der Waals surface area contributed by atoms with E-state index in [1.807, 2.05) is 0 Å². The van der Waals surface area contributed by atoms with Crippen LogP contribution < -0.4 is 0 Å². The summed E-state index contributed by atoms with van der Waals surface area (Å²) in [6.07, 6.45) is 7.59. The Labute approximate surface area is 104 Å². The highest BCUT2D eigenvalue weighted by molar-refractivity contribution is 5.87. The molecular formula is C15H24O2. The Morgan fingerprint density at radius 1 is 1.24 bits per heavy atom. The van der Waals surface area contributed by atoms with Gasteiger partial charge in [-0.2, -0.15) is 0 Å². The molecule has 3 aliphatic carbocycles. The number of hydrogen-bond acceptors (Lipinski definition) is 2. The molecule has 0 spiro atoms. The molecule has 0 N–H and O–H groups in total. The van der Waals surface area contributed by atoms with Gasteiger partial charge in [0.2, 0.25) is 0 Å². The molecule has 0 aliphatic heterocycles. The summed E-state index contributed by atoms with van der Waals surface area (Å²) in [7, 11) is 0. The second-order valence-corrected chi connectivity index (χ2v) is 6.44. The van der Waals surface area contributed by atoms with E-state index in [2.05, 4.69) is 20.4 Å². The minimum absolute atomic E-state index is 0.215. The van der Waals surface area contributed by atoms with Crippen LogP contribution in [0.2, 0.25) is 0 Å². The van der Waals surface area contributed by atoms with E-state index in [4.69, 9.17) is 4.74 Å². The lowest BCUT2D eigenvalue weighted by molar-refractivity contribution is -0.177. The Balaban J connectivity index is 2.13. The molecule has 0 aromatic heterocycles. The van der Waals surface area contributed by atoms with Crippen molar-refractivity contribution in [1.82, 2.24) is 0 Å². The molecule has 0 radical (unpaired) electrons. The Kier molecular flexibility index (Phi) is 3.09. The largest absolute Gasteiger partial charge is 0.456 e. The van der Waals surface area contributed by atoms with Gasteiger partial charge in [0.1, 0.15) is 5.60 Å². The zero-order valence-electron chi connectivity index (χ0n) is 11.3. The summed E-state index contributed by atoms with van der Waals surface area (Å²) >= 11 is 0. The maximum Gasteiger partial charge on any atom is 0.333 e. The van der Waals surface area contributed by atoms with E-state index in [-0.39, 0.29) is 17.0 Å². The van der Waals surface area contributed by atoms with Crippen LogP contribution in [0.5, 0.6) is 0 Å². The third-order valence-electron chi connectivity index (χ3n) is 5.07. The second-order valence-electron chi connectivity index (χ2n) is 6.44. The van der Waals surface area contributed by atoms with Gasteiger partial charge in [-0.15, -0.1) is 0 Å². The first-order valence-electron chi connectivity index (χ1n) is 6.75. The number of hydrogen-bond donors (Lipinski definition) is 0. The highest BCUT2D eigenvalue weighted by Crippen LogP contribution is 2.56. The molecule has 3 fully saturated rings. The Morgan fingerprint density at radius 2 is 1.71 bits per heavy atom. The van der Waals surface area contributed by atoms with Crippen LogP contribution in [-0.4, -0.2) is 11.6 Å². The van der Waals surface area contributed by atoms with Gasteiger partial charge in [-0.3, -0.25) is 0 Å². The first kappa shape index (κ1) is 12.7. The Hall–Kier alpha value is -0.790. The molecule has 0 aromatic carbocycles. The van der Waals surface area contributed by atoms with Crippen LogP contribution in [0, 0.1) is 11.3 Å². The van der Waals surface area contributed by atoms with Crippen LogP contribution in [0.1, 0.15) is 59.3 Å². The van der Waals surface area contributed by atoms with E-state index in [0.29, 0.717) is 5.57 Å². The van der Waals surface area contributed by atoms with Crippen molar-refractivity contribution in [2.45, 2.75) is 64.9 Å². The second kappa shape index (κ2) is 4.15. The average Bonchev–Trinajstić information content (AvgIpc) is 2.30. The molecular weight excluding hydrogens is 212 g/mol. The molecule has 0 amide bonds. The van der Waals surface area contributed by atoms with Crippen molar-refractivity contribution >= 4 is 5.97 Å². The first-order valence-corrected chi connectivity index (χ1v) is 6.75. The maximum absolute atomic E-state index is 11.8. The monoisotopic (exact) mass is 236 g/mol. The van der Waals surface area contributed by atoms with Crippen LogP contribution in [0.4, 0.5) is 0 Å². The van der Waals surface area contributed by atoms with E-state index < -0.39 is 0 Å². The summed E-state index contributed by atoms with van der Waals surface area (Å²) in [5.74, 6) is 0.696. The molecule has 0 atom stereocenters. The summed E-state index contributed by atoms with van der Waals surface area (Å²) in [6, 6.07) is 0. The van der Waals surface area contributed by atoms with Gasteiger partial charge >= 0.3 is 5.97 Å². The van der Waals surface area contributed by atoms with Gasteiger partial charge in [-0.25, -0.2) is 4.79 Å². The number of carbonyl (C=O) groups is 1. The van der Waals surface area contributed by atoms with Gasteiger partial charge in [-0.05, 0) is 65.2 Å². The van der Waals surface area contributed by atoms with Crippen LogP contribution in [-0.2, 0) is 9.53 Å². The van der Waals surface area contributed by atoms with Crippen LogP contribution in [0.15, 0.2) is 12.2 Å². The fraction of sp³-hybridized carbons (Fsp3) is 0.800. The summed E-state index contributed by atoms with van der Waals surface area (Å²) in [6.45, 7) is 9.55. The minimum atomic E-state index is -0.353. The number of rotatable bonds is 3. The van der Waals surface area contributed by atoms with Crippen molar-refractivity contribution < 1.29 is 9.53 Å². The fourth-order valence-electron chi connectivity index (χ4n) is 3.58. The third kappa shape index (κ3) is 2.14. The van der Waals surface area contributed by atoms with Crippen LogP contribution in [0.25, 0.3) is 0 Å². The molecule has 0 saturated heterocycles. The van der Waals surface area contributed by atoms with Gasteiger partial charge in [0.05, 0.1) is 0 Å². The van der Waals surface area contributed by atoms with Crippen molar-refractivity contribution in [2.75, 3.05) is 0 Å². The van der Waals surface area contributed by atoms with Crippen LogP contribution >= 0.6 is 0 Å². The normalized spacial score (nSPS) is 32.3. The molecule has 3 saturated carbocycles. The van der Waals surface area contributed by atoms with Gasteiger partial charge < -0.3 is 4.74 Å². The van der Waals surface area contributed by atoms with E-state index in [1.54, 1.807) is 6.92 Å². The smallest absolute Gasteiger partial charge is 0.333 e. The van der Waals surface area contributed by atoms with E-state index in [9.17, 15) is 4.79 Å². The number of carbonyl (C=O) groups excluding carboxylic acids is 1. The number of esters is 1. The van der Waals surface area contributed by atoms with E-state index in [1.165, 1.54) is 38.5 Å². The van der Waals surface area contributed by atoms with Crippen molar-refractivity contribution in [3.63, 3.8) is 0 Å². The number of ether oxygens (including phenoxy) is 1. The minimum Gasteiger partial charge on any atom is -0.456 e. The van der Waals surface area contributed by atoms with E-state index in [0.717, 1.165) is 5.92 Å². The molecule has 17 heavy (non-hydrogen) atoms. The maximum atomic E-state index is 11.8. The average molecular weight is 236 g/mol. The summed E-state index contributed by atoms with van der Waals surface area (Å²) in [5.41, 5.74) is 0.361. The standard InChI is InChI=1S/C15H24O2/c1-11(2)13(16)17-14(3,4)15-8-5-12(6-9-15)7-10-15/h12H,1,5-10H2,2-4H3. The fourth-order valence-corrected chi connectivity index (χ4v) is 3.58. The lowest BCUT2D eigenvalue weighted by atomic mass is 9.54. The topological polar surface area (TPSA) is 26.3 Å². The molecule has 3 aliphatic rings. The predicted molar refractivity (Wildman–Crippen MR) is 68.6 cm³/mol. The Morgan fingerprint density at radius 3 is 2.12 bits per heavy atom. The van der Waals surface area contributed by atoms with Crippen molar-refractivity contribution in [3.05, 3.63) is 12.2 Å². The lowest BCUT2D eigenvalue weighted by Crippen LogP contribution is -2.51. The number of fused-ring (bicyclic) bond motifs is 3. The quantitative estimate of drug-likeness (QED) is 0.549. The van der Waals surface area contributed by atoms with Crippen molar-refractivity contribution in [1.29, 1.82) is 0 Å². The summed E-state index contributed by atoms with van der Waals surface area (Å²) < 4.78 is 5.72. The molecule has 2 heteroatoms. The molecule has 0 aromatic rings. The zero-order chi connectivity index (χ0) is 12.7. The summed E-state index contributed by atoms with van der Waals surface area (Å²) in [5, 5.41) is 0. The SMILES string of the molecule is C=C(C)C(=O)OC(C)(C)C12CCC(CC1)CC2. The first-order chi connectivity index (χ1) is 7.86. The predicted octanol–water partition coefficient (Wildman–Crippen LogP) is 3.85. The highest BCUT2D eigenvalue weighted by atomic mass is 16.6. The molecule has 96 valence electrons. The van der Waals surface area contributed by atoms with Gasteiger partial charge in [0.25, 0.3) is 0 Å². The Bertz CT molecular complexity index is 319. The lowest BCUT2D eigenvalue weighted by Gasteiger charge is -2.54. The van der Waals surface area contributed by atoms with Gasteiger partial charge in [0.15, 0.2) is 0 Å². The summed E-state index contributed by atoms with van der Waals surface area (Å²) in [4.78, 5) is 11.8. The zero-order valence-corrected chi connectivity index (χ0v) is 11.3. The highest BCUT2D eigenvalue weighted by Gasteiger charge is 2.52. The van der Waals surface area contributed by atoms with Crippen molar-refractivity contribution in [2.24, 2.45) is 11.3 Å². The molecule has 2 bridgehead atoms. The van der Waals surface area contributed by atoms with Gasteiger partial charge in [0, 0.05) is 11.0 Å². The molecule has 3 rings (SSSR count). The third-order valence-corrected chi connectivity index (χ3v) is 5.07. The van der Waals surface area contributed by atoms with Crippen LogP contribution in [0.3, 0.4) is 0 Å². The molecule has 0 heterocycles. The van der Waals surface area contributed by atoms with E-state index >= 15 is 0 Å². The van der Waals surface area contributed by atoms with Crippen molar-refractivity contribution in [3.8, 4) is 0 Å². The van der Waals surface area contributed by atoms with Gasteiger partial charge in [-0.1, -0.05) is 6.58 Å². The molecule has 2 nitrogen and oxygen atoms in total.